The Bertz CT molecular complexity index is 890. The molecule has 3 rings (SSSR count). The molecule has 0 aromatic carbocycles. The van der Waals surface area contributed by atoms with Crippen LogP contribution in [0.5, 0.6) is 5.88 Å². The summed E-state index contributed by atoms with van der Waals surface area (Å²) in [6.45, 7) is 6.50. The first-order valence-electron chi connectivity index (χ1n) is 9.19. The van der Waals surface area contributed by atoms with Gasteiger partial charge >= 0.3 is 0 Å². The highest BCUT2D eigenvalue weighted by Gasteiger charge is 2.07. The van der Waals surface area contributed by atoms with Gasteiger partial charge in [0.2, 0.25) is 5.88 Å². The quantitative estimate of drug-likeness (QED) is 0.469. The predicted octanol–water partition coefficient (Wildman–Crippen LogP) is 2.17. The van der Waals surface area contributed by atoms with Crippen molar-refractivity contribution < 1.29 is 4.74 Å². The molecule has 3 heterocycles. The number of guanidine groups is 1. The van der Waals surface area contributed by atoms with Crippen LogP contribution >= 0.6 is 0 Å². The first kappa shape index (κ1) is 18.6. The first-order chi connectivity index (χ1) is 13.3. The minimum Gasteiger partial charge on any atom is -0.477 e. The highest BCUT2D eigenvalue weighted by atomic mass is 16.5. The summed E-state index contributed by atoms with van der Waals surface area (Å²) in [4.78, 5) is 8.96. The largest absolute Gasteiger partial charge is 0.477 e. The van der Waals surface area contributed by atoms with Gasteiger partial charge in [0.25, 0.3) is 0 Å². The normalized spacial score (nSPS) is 11.6. The SMILES string of the molecule is CCCOc1ncccc1CN=C(NCC)NCc1nnc2ccccn12. The second kappa shape index (κ2) is 9.51. The Balaban J connectivity index is 1.68. The van der Waals surface area contributed by atoms with Crippen LogP contribution in [0, 0.1) is 0 Å². The number of nitrogens with one attached hydrogen (secondary N) is 2. The van der Waals surface area contributed by atoms with Crippen LogP contribution in [0.15, 0.2) is 47.7 Å². The number of hydrogen-bond acceptors (Lipinski definition) is 5. The van der Waals surface area contributed by atoms with E-state index in [1.165, 1.54) is 0 Å². The zero-order valence-corrected chi connectivity index (χ0v) is 15.7. The van der Waals surface area contributed by atoms with Crippen molar-refractivity contribution >= 4 is 11.6 Å². The maximum absolute atomic E-state index is 5.70. The zero-order valence-electron chi connectivity index (χ0n) is 15.7. The number of pyridine rings is 2. The molecule has 0 fully saturated rings. The molecule has 0 atom stereocenters. The van der Waals surface area contributed by atoms with Gasteiger partial charge in [0.05, 0.1) is 19.7 Å². The van der Waals surface area contributed by atoms with E-state index >= 15 is 0 Å². The molecule has 0 unspecified atom stereocenters. The lowest BCUT2D eigenvalue weighted by Gasteiger charge is -2.12. The molecule has 2 N–H and O–H groups in total. The monoisotopic (exact) mass is 367 g/mol. The third-order valence-corrected chi connectivity index (χ3v) is 3.84. The molecule has 8 heteroatoms. The van der Waals surface area contributed by atoms with E-state index in [4.69, 9.17) is 4.74 Å². The molecule has 142 valence electrons. The molecule has 8 nitrogen and oxygen atoms in total. The van der Waals surface area contributed by atoms with E-state index in [1.54, 1.807) is 6.20 Å². The second-order valence-electron chi connectivity index (χ2n) is 5.91. The van der Waals surface area contributed by atoms with Crippen LogP contribution in [0.3, 0.4) is 0 Å². The Hall–Kier alpha value is -3.16. The summed E-state index contributed by atoms with van der Waals surface area (Å²) in [5.41, 5.74) is 1.78. The number of nitrogens with zero attached hydrogens (tertiary/aromatic N) is 5. The van der Waals surface area contributed by atoms with Crippen molar-refractivity contribution in [1.82, 2.24) is 30.2 Å². The van der Waals surface area contributed by atoms with E-state index in [9.17, 15) is 0 Å². The van der Waals surface area contributed by atoms with Crippen molar-refractivity contribution in [2.45, 2.75) is 33.4 Å². The Morgan fingerprint density at radius 3 is 2.93 bits per heavy atom. The Kier molecular flexibility index (Phi) is 6.56. The Labute approximate surface area is 158 Å². The van der Waals surface area contributed by atoms with Crippen molar-refractivity contribution in [3.05, 3.63) is 54.1 Å². The maximum Gasteiger partial charge on any atom is 0.218 e. The van der Waals surface area contributed by atoms with E-state index in [0.29, 0.717) is 31.5 Å². The molecule has 0 bridgehead atoms. The third kappa shape index (κ3) is 4.93. The van der Waals surface area contributed by atoms with E-state index in [-0.39, 0.29) is 0 Å². The number of hydrogen-bond donors (Lipinski definition) is 2. The Morgan fingerprint density at radius 2 is 2.07 bits per heavy atom. The van der Waals surface area contributed by atoms with E-state index < -0.39 is 0 Å². The maximum atomic E-state index is 5.70. The van der Waals surface area contributed by atoms with Crippen LogP contribution in [0.25, 0.3) is 5.65 Å². The van der Waals surface area contributed by atoms with Gasteiger partial charge in [-0.15, -0.1) is 10.2 Å². The molecule has 27 heavy (non-hydrogen) atoms. The summed E-state index contributed by atoms with van der Waals surface area (Å²) in [6.07, 6.45) is 4.62. The van der Waals surface area contributed by atoms with Crippen LogP contribution in [-0.2, 0) is 13.1 Å². The average molecular weight is 367 g/mol. The highest BCUT2D eigenvalue weighted by Crippen LogP contribution is 2.15. The summed E-state index contributed by atoms with van der Waals surface area (Å²) >= 11 is 0. The first-order valence-corrected chi connectivity index (χ1v) is 9.19. The van der Waals surface area contributed by atoms with Gasteiger partial charge < -0.3 is 15.4 Å². The number of fused-ring (bicyclic) bond motifs is 1. The molecule has 0 saturated heterocycles. The van der Waals surface area contributed by atoms with Crippen molar-refractivity contribution in [2.75, 3.05) is 13.2 Å². The number of ether oxygens (including phenoxy) is 1. The molecule has 0 aliphatic rings. The lowest BCUT2D eigenvalue weighted by molar-refractivity contribution is 0.302. The van der Waals surface area contributed by atoms with Crippen LogP contribution in [0.1, 0.15) is 31.7 Å². The van der Waals surface area contributed by atoms with E-state index in [2.05, 4.69) is 37.7 Å². The molecular weight excluding hydrogens is 342 g/mol. The summed E-state index contributed by atoms with van der Waals surface area (Å²) in [5, 5.41) is 14.9. The summed E-state index contributed by atoms with van der Waals surface area (Å²) < 4.78 is 7.66. The van der Waals surface area contributed by atoms with Gasteiger partial charge in [0, 0.05) is 24.5 Å². The predicted molar refractivity (Wildman–Crippen MR) is 105 cm³/mol. The van der Waals surface area contributed by atoms with Crippen LogP contribution in [0.2, 0.25) is 0 Å². The summed E-state index contributed by atoms with van der Waals surface area (Å²) in [6, 6.07) is 9.71. The van der Waals surface area contributed by atoms with Gasteiger partial charge in [-0.05, 0) is 31.5 Å². The average Bonchev–Trinajstić information content (AvgIpc) is 3.12. The lowest BCUT2D eigenvalue weighted by atomic mass is 10.3. The van der Waals surface area contributed by atoms with Gasteiger partial charge in [-0.2, -0.15) is 0 Å². The minimum atomic E-state index is 0.475. The standard InChI is InChI=1S/C19H25N7O/c1-3-12-27-18-15(8-7-10-21-18)13-22-19(20-4-2)23-14-17-25-24-16-9-5-6-11-26(16)17/h5-11H,3-4,12-14H2,1-2H3,(H2,20,22,23). The molecule has 3 aromatic heterocycles. The highest BCUT2D eigenvalue weighted by molar-refractivity contribution is 5.79. The minimum absolute atomic E-state index is 0.475. The van der Waals surface area contributed by atoms with Crippen LogP contribution < -0.4 is 15.4 Å². The van der Waals surface area contributed by atoms with Crippen molar-refractivity contribution in [3.8, 4) is 5.88 Å². The molecule has 0 saturated carbocycles. The number of aromatic nitrogens is 4. The fraction of sp³-hybridized carbons (Fsp3) is 0.368. The van der Waals surface area contributed by atoms with Gasteiger partial charge in [-0.25, -0.2) is 9.98 Å². The summed E-state index contributed by atoms with van der Waals surface area (Å²) in [5.74, 6) is 2.17. The lowest BCUT2D eigenvalue weighted by Crippen LogP contribution is -2.37. The van der Waals surface area contributed by atoms with Gasteiger partial charge in [0.15, 0.2) is 17.4 Å². The second-order valence-corrected chi connectivity index (χ2v) is 5.91. The van der Waals surface area contributed by atoms with Crippen molar-refractivity contribution in [1.29, 1.82) is 0 Å². The molecule has 0 aliphatic heterocycles. The van der Waals surface area contributed by atoms with E-state index in [0.717, 1.165) is 30.0 Å². The van der Waals surface area contributed by atoms with E-state index in [1.807, 2.05) is 47.9 Å². The Morgan fingerprint density at radius 1 is 1.15 bits per heavy atom. The molecule has 0 spiro atoms. The zero-order chi connectivity index (χ0) is 18.9. The topological polar surface area (TPSA) is 88.7 Å². The van der Waals surface area contributed by atoms with Crippen molar-refractivity contribution in [3.63, 3.8) is 0 Å². The summed E-state index contributed by atoms with van der Waals surface area (Å²) in [7, 11) is 0. The smallest absolute Gasteiger partial charge is 0.218 e. The fourth-order valence-electron chi connectivity index (χ4n) is 2.55. The van der Waals surface area contributed by atoms with Crippen molar-refractivity contribution in [2.24, 2.45) is 4.99 Å². The molecule has 3 aromatic rings. The van der Waals surface area contributed by atoms with Gasteiger partial charge in [0.1, 0.15) is 0 Å². The molecule has 0 aliphatic carbocycles. The van der Waals surface area contributed by atoms with Gasteiger partial charge in [-0.1, -0.05) is 19.1 Å². The van der Waals surface area contributed by atoms with Crippen LogP contribution in [-0.4, -0.2) is 38.7 Å². The third-order valence-electron chi connectivity index (χ3n) is 3.84. The molecule has 0 radical (unpaired) electrons. The van der Waals surface area contributed by atoms with Gasteiger partial charge in [-0.3, -0.25) is 4.40 Å². The molecular formula is C19H25N7O. The number of aliphatic imine (C=N–C) groups is 1. The van der Waals surface area contributed by atoms with Crippen LogP contribution in [0.4, 0.5) is 0 Å². The molecule has 0 amide bonds. The fourth-order valence-corrected chi connectivity index (χ4v) is 2.55. The number of rotatable bonds is 8.